The Labute approximate surface area is 178 Å². The van der Waals surface area contributed by atoms with E-state index in [2.05, 4.69) is 47.4 Å². The summed E-state index contributed by atoms with van der Waals surface area (Å²) in [7, 11) is 1.69. The maximum atomic E-state index is 11.0. The number of aliphatic hydroxyl groups is 1. The van der Waals surface area contributed by atoms with Gasteiger partial charge in [-0.1, -0.05) is 72.8 Å². The van der Waals surface area contributed by atoms with Gasteiger partial charge in [0.1, 0.15) is 5.75 Å². The second kappa shape index (κ2) is 9.90. The van der Waals surface area contributed by atoms with Crippen molar-refractivity contribution in [1.82, 2.24) is 4.90 Å². The summed E-state index contributed by atoms with van der Waals surface area (Å²) in [4.78, 5) is 2.36. The molecule has 3 aromatic rings. The minimum Gasteiger partial charge on any atom is -0.496 e. The van der Waals surface area contributed by atoms with Crippen molar-refractivity contribution in [3.63, 3.8) is 0 Å². The Balaban J connectivity index is 1.47. The molecule has 30 heavy (non-hydrogen) atoms. The SMILES string of the molecule is COc1ccccc1-c1ccccc1CC(O)C1CN(Cc2ccccc2)CCO1. The van der Waals surface area contributed by atoms with Crippen molar-refractivity contribution in [3.05, 3.63) is 90.0 Å². The van der Waals surface area contributed by atoms with Gasteiger partial charge in [0, 0.05) is 31.6 Å². The van der Waals surface area contributed by atoms with Crippen LogP contribution in [-0.4, -0.2) is 49.0 Å². The minimum absolute atomic E-state index is 0.201. The summed E-state index contributed by atoms with van der Waals surface area (Å²) < 4.78 is 11.5. The molecule has 2 unspecified atom stereocenters. The molecular formula is C26H29NO3. The van der Waals surface area contributed by atoms with Gasteiger partial charge in [-0.05, 0) is 22.8 Å². The van der Waals surface area contributed by atoms with Crippen LogP contribution in [0.15, 0.2) is 78.9 Å². The molecule has 1 saturated heterocycles. The third kappa shape index (κ3) is 4.90. The summed E-state index contributed by atoms with van der Waals surface area (Å²) in [5.74, 6) is 0.836. The molecule has 1 aliphatic heterocycles. The average molecular weight is 404 g/mol. The molecule has 0 radical (unpaired) electrons. The molecule has 0 aliphatic carbocycles. The summed E-state index contributed by atoms with van der Waals surface area (Å²) in [5, 5.41) is 11.0. The Kier molecular flexibility index (Phi) is 6.80. The van der Waals surface area contributed by atoms with Crippen molar-refractivity contribution >= 4 is 0 Å². The van der Waals surface area contributed by atoms with Crippen LogP contribution in [0.25, 0.3) is 11.1 Å². The fourth-order valence-electron chi connectivity index (χ4n) is 4.13. The minimum atomic E-state index is -0.570. The van der Waals surface area contributed by atoms with Crippen LogP contribution in [0, 0.1) is 0 Å². The van der Waals surface area contributed by atoms with Gasteiger partial charge in [-0.15, -0.1) is 0 Å². The second-order valence-electron chi connectivity index (χ2n) is 7.76. The van der Waals surface area contributed by atoms with Crippen molar-refractivity contribution in [2.75, 3.05) is 26.8 Å². The van der Waals surface area contributed by atoms with Gasteiger partial charge in [0.05, 0.1) is 25.9 Å². The quantitative estimate of drug-likeness (QED) is 0.643. The van der Waals surface area contributed by atoms with Crippen molar-refractivity contribution < 1.29 is 14.6 Å². The zero-order valence-corrected chi connectivity index (χ0v) is 17.4. The third-order valence-electron chi connectivity index (χ3n) is 5.70. The summed E-state index contributed by atoms with van der Waals surface area (Å²) in [6, 6.07) is 26.7. The van der Waals surface area contributed by atoms with E-state index < -0.39 is 6.10 Å². The Bertz CT molecular complexity index is 944. The molecule has 1 aliphatic rings. The molecular weight excluding hydrogens is 374 g/mol. The number of ether oxygens (including phenoxy) is 2. The lowest BCUT2D eigenvalue weighted by atomic mass is 9.93. The lowest BCUT2D eigenvalue weighted by molar-refractivity contribution is -0.0897. The van der Waals surface area contributed by atoms with E-state index in [1.165, 1.54) is 5.56 Å². The second-order valence-corrected chi connectivity index (χ2v) is 7.76. The van der Waals surface area contributed by atoms with Gasteiger partial charge in [0.2, 0.25) is 0 Å². The standard InChI is InChI=1S/C26H29NO3/c1-29-25-14-8-7-13-23(25)22-12-6-5-11-21(22)17-24(28)26-19-27(15-16-30-26)18-20-9-3-2-4-10-20/h2-14,24,26,28H,15-19H2,1H3. The molecule has 1 N–H and O–H groups in total. The molecule has 2 atom stereocenters. The van der Waals surface area contributed by atoms with Gasteiger partial charge in [-0.25, -0.2) is 0 Å². The molecule has 3 aromatic carbocycles. The van der Waals surface area contributed by atoms with E-state index in [4.69, 9.17) is 9.47 Å². The molecule has 4 nitrogen and oxygen atoms in total. The number of rotatable bonds is 7. The van der Waals surface area contributed by atoms with Crippen LogP contribution in [0.4, 0.5) is 0 Å². The van der Waals surface area contributed by atoms with E-state index in [0.29, 0.717) is 13.0 Å². The van der Waals surface area contributed by atoms with Gasteiger partial charge in [-0.2, -0.15) is 0 Å². The molecule has 0 bridgehead atoms. The van der Waals surface area contributed by atoms with Gasteiger partial charge < -0.3 is 14.6 Å². The largest absolute Gasteiger partial charge is 0.496 e. The first-order valence-electron chi connectivity index (χ1n) is 10.5. The lowest BCUT2D eigenvalue weighted by Crippen LogP contribution is -2.47. The lowest BCUT2D eigenvalue weighted by Gasteiger charge is -2.35. The van der Waals surface area contributed by atoms with E-state index in [1.54, 1.807) is 7.11 Å². The number of benzene rings is 3. The first kappa shape index (κ1) is 20.6. The van der Waals surface area contributed by atoms with Crippen LogP contribution in [0.1, 0.15) is 11.1 Å². The first-order chi connectivity index (χ1) is 14.7. The molecule has 156 valence electrons. The molecule has 0 aromatic heterocycles. The highest BCUT2D eigenvalue weighted by Crippen LogP contribution is 2.33. The molecule has 4 heteroatoms. The fourth-order valence-corrected chi connectivity index (χ4v) is 4.13. The molecule has 0 saturated carbocycles. The number of morpholine rings is 1. The highest BCUT2D eigenvalue weighted by molar-refractivity contribution is 5.73. The maximum Gasteiger partial charge on any atom is 0.126 e. The Morgan fingerprint density at radius 2 is 1.67 bits per heavy atom. The third-order valence-corrected chi connectivity index (χ3v) is 5.70. The van der Waals surface area contributed by atoms with Gasteiger partial charge in [0.15, 0.2) is 0 Å². The van der Waals surface area contributed by atoms with E-state index >= 15 is 0 Å². The van der Waals surface area contributed by atoms with Crippen LogP contribution in [0.2, 0.25) is 0 Å². The van der Waals surface area contributed by atoms with Crippen LogP contribution >= 0.6 is 0 Å². The van der Waals surface area contributed by atoms with Gasteiger partial charge >= 0.3 is 0 Å². The van der Waals surface area contributed by atoms with Gasteiger partial charge in [-0.3, -0.25) is 4.90 Å². The predicted molar refractivity (Wildman–Crippen MR) is 120 cm³/mol. The summed E-state index contributed by atoms with van der Waals surface area (Å²) >= 11 is 0. The fraction of sp³-hybridized carbons (Fsp3) is 0.308. The number of para-hydroxylation sites is 1. The van der Waals surface area contributed by atoms with E-state index in [0.717, 1.165) is 42.1 Å². The number of methoxy groups -OCH3 is 1. The molecule has 1 fully saturated rings. The Hall–Kier alpha value is -2.66. The van der Waals surface area contributed by atoms with Crippen molar-refractivity contribution in [2.24, 2.45) is 0 Å². The van der Waals surface area contributed by atoms with Crippen molar-refractivity contribution in [2.45, 2.75) is 25.2 Å². The number of nitrogens with zero attached hydrogens (tertiary/aromatic N) is 1. The van der Waals surface area contributed by atoms with Crippen LogP contribution in [0.5, 0.6) is 5.75 Å². The summed E-state index contributed by atoms with van der Waals surface area (Å²) in [5.41, 5.74) is 4.51. The Morgan fingerprint density at radius 3 is 2.47 bits per heavy atom. The topological polar surface area (TPSA) is 41.9 Å². The van der Waals surface area contributed by atoms with Crippen LogP contribution in [0.3, 0.4) is 0 Å². The zero-order valence-electron chi connectivity index (χ0n) is 17.4. The maximum absolute atomic E-state index is 11.0. The van der Waals surface area contributed by atoms with Gasteiger partial charge in [0.25, 0.3) is 0 Å². The smallest absolute Gasteiger partial charge is 0.126 e. The number of aliphatic hydroxyl groups excluding tert-OH is 1. The first-order valence-corrected chi connectivity index (χ1v) is 10.5. The molecule has 4 rings (SSSR count). The normalized spacial score (nSPS) is 18.1. The zero-order chi connectivity index (χ0) is 20.8. The van der Waals surface area contributed by atoms with Crippen molar-refractivity contribution in [3.8, 4) is 16.9 Å². The van der Waals surface area contributed by atoms with E-state index in [1.807, 2.05) is 36.4 Å². The molecule has 0 amide bonds. The number of hydrogen-bond acceptors (Lipinski definition) is 4. The Morgan fingerprint density at radius 1 is 0.967 bits per heavy atom. The predicted octanol–water partition coefficient (Wildman–Crippen LogP) is 4.17. The highest BCUT2D eigenvalue weighted by atomic mass is 16.5. The van der Waals surface area contributed by atoms with E-state index in [-0.39, 0.29) is 6.10 Å². The van der Waals surface area contributed by atoms with Crippen LogP contribution in [-0.2, 0) is 17.7 Å². The van der Waals surface area contributed by atoms with Crippen LogP contribution < -0.4 is 4.74 Å². The van der Waals surface area contributed by atoms with Crippen molar-refractivity contribution in [1.29, 1.82) is 0 Å². The molecule has 1 heterocycles. The summed E-state index contributed by atoms with van der Waals surface area (Å²) in [6.45, 7) is 3.14. The number of hydrogen-bond donors (Lipinski definition) is 1. The highest BCUT2D eigenvalue weighted by Gasteiger charge is 2.27. The monoisotopic (exact) mass is 403 g/mol. The molecule has 0 spiro atoms. The van der Waals surface area contributed by atoms with E-state index in [9.17, 15) is 5.11 Å². The summed E-state index contributed by atoms with van der Waals surface area (Å²) in [6.07, 6.45) is -0.231. The average Bonchev–Trinajstić information content (AvgIpc) is 2.80.